The third-order valence-corrected chi connectivity index (χ3v) is 4.87. The van der Waals surface area contributed by atoms with Crippen molar-refractivity contribution in [1.82, 2.24) is 19.6 Å². The van der Waals surface area contributed by atoms with Gasteiger partial charge < -0.3 is 9.80 Å². The van der Waals surface area contributed by atoms with Gasteiger partial charge in [-0.2, -0.15) is 5.10 Å². The van der Waals surface area contributed by atoms with Crippen LogP contribution in [-0.4, -0.2) is 58.2 Å². The third kappa shape index (κ3) is 3.82. The van der Waals surface area contributed by atoms with E-state index >= 15 is 0 Å². The maximum atomic E-state index is 12.5. The van der Waals surface area contributed by atoms with Gasteiger partial charge in [-0.15, -0.1) is 0 Å². The zero-order valence-corrected chi connectivity index (χ0v) is 15.3. The van der Waals surface area contributed by atoms with Gasteiger partial charge in [0.05, 0.1) is 11.4 Å². The minimum atomic E-state index is 0.0852. The van der Waals surface area contributed by atoms with Crippen LogP contribution in [0.4, 0.5) is 0 Å². The number of benzene rings is 1. The molecule has 0 N–H and O–H groups in total. The lowest BCUT2D eigenvalue weighted by molar-refractivity contribution is -0.127. The molecule has 1 aromatic heterocycles. The van der Waals surface area contributed by atoms with Crippen LogP contribution in [0, 0.1) is 13.8 Å². The Morgan fingerprint density at radius 1 is 1.12 bits per heavy atom. The van der Waals surface area contributed by atoms with Gasteiger partial charge in [-0.05, 0) is 38.6 Å². The van der Waals surface area contributed by atoms with Gasteiger partial charge in [-0.3, -0.25) is 4.79 Å². The van der Waals surface area contributed by atoms with Gasteiger partial charge in [0.2, 0.25) is 5.91 Å². The lowest BCUT2D eigenvalue weighted by atomic mass is 10.1. The molecule has 25 heavy (non-hydrogen) atoms. The fraction of sp³-hybridized carbons (Fsp3) is 0.400. The zero-order chi connectivity index (χ0) is 17.8. The molecule has 132 valence electrons. The molecule has 2 heterocycles. The van der Waals surface area contributed by atoms with Crippen molar-refractivity contribution >= 4 is 12.0 Å². The first kappa shape index (κ1) is 17.4. The number of hydrogen-bond donors (Lipinski definition) is 0. The summed E-state index contributed by atoms with van der Waals surface area (Å²) in [5.74, 6) is 0.0852. The van der Waals surface area contributed by atoms with Crippen molar-refractivity contribution in [2.45, 2.75) is 20.8 Å². The molecule has 1 saturated heterocycles. The first-order valence-electron chi connectivity index (χ1n) is 8.91. The monoisotopic (exact) mass is 338 g/mol. The van der Waals surface area contributed by atoms with E-state index in [0.717, 1.165) is 55.4 Å². The summed E-state index contributed by atoms with van der Waals surface area (Å²) >= 11 is 0. The van der Waals surface area contributed by atoms with E-state index in [1.807, 2.05) is 59.8 Å². The normalized spacial score (nSPS) is 15.9. The molecule has 5 nitrogen and oxygen atoms in total. The molecule has 1 aliphatic heterocycles. The van der Waals surface area contributed by atoms with E-state index in [-0.39, 0.29) is 5.91 Å². The summed E-state index contributed by atoms with van der Waals surface area (Å²) in [5, 5.41) is 4.63. The molecule has 1 fully saturated rings. The lowest BCUT2D eigenvalue weighted by Gasteiger charge is -2.33. The van der Waals surface area contributed by atoms with Crippen molar-refractivity contribution in [1.29, 1.82) is 0 Å². The smallest absolute Gasteiger partial charge is 0.246 e. The van der Waals surface area contributed by atoms with Crippen LogP contribution >= 0.6 is 0 Å². The Morgan fingerprint density at radius 3 is 2.44 bits per heavy atom. The maximum Gasteiger partial charge on any atom is 0.246 e. The Morgan fingerprint density at radius 2 is 1.80 bits per heavy atom. The molecule has 0 aliphatic carbocycles. The van der Waals surface area contributed by atoms with E-state index in [1.165, 1.54) is 0 Å². The number of likely N-dealkylation sites (N-methyl/N-ethyl adjacent to an activating group) is 1. The standard InChI is InChI=1S/C20H26N4O/c1-4-22-12-14-23(15-13-22)20(25)11-10-19-16(2)21-24(17(19)3)18-8-6-5-7-9-18/h5-11H,4,12-15H2,1-3H3/b11-10+. The van der Waals surface area contributed by atoms with Gasteiger partial charge >= 0.3 is 0 Å². The summed E-state index contributed by atoms with van der Waals surface area (Å²) < 4.78 is 1.93. The highest BCUT2D eigenvalue weighted by molar-refractivity contribution is 5.92. The Bertz CT molecular complexity index is 756. The van der Waals surface area contributed by atoms with Crippen molar-refractivity contribution in [2.75, 3.05) is 32.7 Å². The van der Waals surface area contributed by atoms with Crippen molar-refractivity contribution in [3.05, 3.63) is 53.4 Å². The molecule has 1 amide bonds. The van der Waals surface area contributed by atoms with Crippen LogP contribution in [0.5, 0.6) is 0 Å². The number of amides is 1. The number of para-hydroxylation sites is 1. The Hall–Kier alpha value is -2.40. The molecule has 0 radical (unpaired) electrons. The highest BCUT2D eigenvalue weighted by Gasteiger charge is 2.18. The Kier molecular flexibility index (Phi) is 5.34. The summed E-state index contributed by atoms with van der Waals surface area (Å²) in [6, 6.07) is 10.1. The van der Waals surface area contributed by atoms with Gasteiger partial charge in [-0.25, -0.2) is 4.68 Å². The highest BCUT2D eigenvalue weighted by Crippen LogP contribution is 2.19. The van der Waals surface area contributed by atoms with Gasteiger partial charge in [0.15, 0.2) is 0 Å². The molecule has 0 atom stereocenters. The average molecular weight is 338 g/mol. The van der Waals surface area contributed by atoms with E-state index < -0.39 is 0 Å². The minimum Gasteiger partial charge on any atom is -0.337 e. The van der Waals surface area contributed by atoms with Gasteiger partial charge in [0, 0.05) is 43.5 Å². The second-order valence-corrected chi connectivity index (χ2v) is 6.42. The summed E-state index contributed by atoms with van der Waals surface area (Å²) in [4.78, 5) is 16.8. The predicted octanol–water partition coefficient (Wildman–Crippen LogP) is 2.67. The van der Waals surface area contributed by atoms with E-state index in [0.29, 0.717) is 0 Å². The average Bonchev–Trinajstić information content (AvgIpc) is 2.94. The number of aromatic nitrogens is 2. The summed E-state index contributed by atoms with van der Waals surface area (Å²) in [6.07, 6.45) is 3.60. The summed E-state index contributed by atoms with van der Waals surface area (Å²) in [6.45, 7) is 10.8. The van der Waals surface area contributed by atoms with Crippen molar-refractivity contribution in [3.8, 4) is 5.69 Å². The number of nitrogens with zero attached hydrogens (tertiary/aromatic N) is 4. The SMILES string of the molecule is CCN1CCN(C(=O)/C=C/c2c(C)nn(-c3ccccc3)c2C)CC1. The van der Waals surface area contributed by atoms with E-state index in [4.69, 9.17) is 0 Å². The number of carbonyl (C=O) groups excluding carboxylic acids is 1. The quantitative estimate of drug-likeness (QED) is 0.805. The van der Waals surface area contributed by atoms with Crippen LogP contribution < -0.4 is 0 Å². The lowest BCUT2D eigenvalue weighted by Crippen LogP contribution is -2.48. The van der Waals surface area contributed by atoms with Gasteiger partial charge in [0.25, 0.3) is 0 Å². The second kappa shape index (κ2) is 7.66. The molecule has 2 aromatic rings. The largest absolute Gasteiger partial charge is 0.337 e. The van der Waals surface area contributed by atoms with E-state index in [2.05, 4.69) is 16.9 Å². The van der Waals surface area contributed by atoms with Crippen molar-refractivity contribution < 1.29 is 4.79 Å². The molecule has 0 spiro atoms. The topological polar surface area (TPSA) is 41.4 Å². The van der Waals surface area contributed by atoms with Crippen LogP contribution in [0.1, 0.15) is 23.9 Å². The Balaban J connectivity index is 1.74. The van der Waals surface area contributed by atoms with Gasteiger partial charge in [0.1, 0.15) is 0 Å². The van der Waals surface area contributed by atoms with Crippen LogP contribution in [0.25, 0.3) is 11.8 Å². The molecule has 3 rings (SSSR count). The number of carbonyl (C=O) groups is 1. The fourth-order valence-corrected chi connectivity index (χ4v) is 3.26. The van der Waals surface area contributed by atoms with Gasteiger partial charge in [-0.1, -0.05) is 25.1 Å². The predicted molar refractivity (Wildman–Crippen MR) is 101 cm³/mol. The van der Waals surface area contributed by atoms with E-state index in [1.54, 1.807) is 6.08 Å². The minimum absolute atomic E-state index is 0.0852. The molecular formula is C20H26N4O. The summed E-state index contributed by atoms with van der Waals surface area (Å²) in [5.41, 5.74) is 4.03. The first-order valence-corrected chi connectivity index (χ1v) is 8.91. The maximum absolute atomic E-state index is 12.5. The molecule has 1 aromatic carbocycles. The van der Waals surface area contributed by atoms with Crippen LogP contribution in [-0.2, 0) is 4.79 Å². The molecule has 0 bridgehead atoms. The van der Waals surface area contributed by atoms with Crippen LogP contribution in [0.15, 0.2) is 36.4 Å². The number of piperazine rings is 1. The van der Waals surface area contributed by atoms with Crippen LogP contribution in [0.2, 0.25) is 0 Å². The molecule has 0 saturated carbocycles. The third-order valence-electron chi connectivity index (χ3n) is 4.87. The fourth-order valence-electron chi connectivity index (χ4n) is 3.26. The van der Waals surface area contributed by atoms with Crippen molar-refractivity contribution in [3.63, 3.8) is 0 Å². The highest BCUT2D eigenvalue weighted by atomic mass is 16.2. The number of hydrogen-bond acceptors (Lipinski definition) is 3. The summed E-state index contributed by atoms with van der Waals surface area (Å²) in [7, 11) is 0. The van der Waals surface area contributed by atoms with Crippen molar-refractivity contribution in [2.24, 2.45) is 0 Å². The Labute approximate surface area is 149 Å². The van der Waals surface area contributed by atoms with E-state index in [9.17, 15) is 4.79 Å². The van der Waals surface area contributed by atoms with Crippen LogP contribution in [0.3, 0.4) is 0 Å². The molecular weight excluding hydrogens is 312 g/mol. The molecule has 1 aliphatic rings. The number of aryl methyl sites for hydroxylation is 1. The zero-order valence-electron chi connectivity index (χ0n) is 15.3. The molecule has 0 unspecified atom stereocenters. The number of rotatable bonds is 4. The molecule has 5 heteroatoms. The second-order valence-electron chi connectivity index (χ2n) is 6.42. The first-order chi connectivity index (χ1) is 12.1.